The summed E-state index contributed by atoms with van der Waals surface area (Å²) in [5.74, 6) is 0. The topological polar surface area (TPSA) is 33.1 Å². The summed E-state index contributed by atoms with van der Waals surface area (Å²) in [7, 11) is 0. The lowest BCUT2D eigenvalue weighted by Gasteiger charge is -1.88. The smallest absolute Gasteiger partial charge is 0.0844 e. The minimum atomic E-state index is -2.88. The van der Waals surface area contributed by atoms with Gasteiger partial charge >= 0.3 is 0 Å². The van der Waals surface area contributed by atoms with Gasteiger partial charge in [-0.15, -0.1) is 0 Å². The first-order valence-electron chi connectivity index (χ1n) is 4.92. The lowest BCUT2D eigenvalue weighted by molar-refractivity contribution is 0.281. The summed E-state index contributed by atoms with van der Waals surface area (Å²) in [5, 5.41) is 8.97. The molecular weight excluding hydrogens is 102 g/mol. The van der Waals surface area contributed by atoms with Crippen molar-refractivity contribution in [3.8, 4) is 0 Å². The van der Waals surface area contributed by atoms with E-state index in [1.807, 2.05) is 0 Å². The molecular formula is C6H7NO. The molecule has 42 valence electrons. The van der Waals surface area contributed by atoms with Crippen molar-refractivity contribution in [2.75, 3.05) is 0 Å². The average molecular weight is 115 g/mol. The molecule has 0 aliphatic heterocycles. The third-order valence-corrected chi connectivity index (χ3v) is 0.579. The Bertz CT molecular complexity index is 374. The molecule has 0 bridgehead atoms. The highest BCUT2D eigenvalue weighted by molar-refractivity contribution is 5.06. The molecule has 0 spiro atoms. The summed E-state index contributed by atoms with van der Waals surface area (Å²) in [5.41, 5.74) is -0.682. The van der Waals surface area contributed by atoms with Crippen LogP contribution in [0.3, 0.4) is 0 Å². The highest BCUT2D eigenvalue weighted by Gasteiger charge is 1.82. The van der Waals surface area contributed by atoms with E-state index >= 15 is 0 Å². The van der Waals surface area contributed by atoms with Crippen molar-refractivity contribution in [1.29, 1.82) is 0 Å². The van der Waals surface area contributed by atoms with Crippen LogP contribution >= 0.6 is 0 Å². The van der Waals surface area contributed by atoms with Crippen LogP contribution in [0.25, 0.3) is 0 Å². The van der Waals surface area contributed by atoms with Crippen molar-refractivity contribution in [3.05, 3.63) is 30.0 Å². The second kappa shape index (κ2) is 2.43. The van der Waals surface area contributed by atoms with Gasteiger partial charge in [0.15, 0.2) is 0 Å². The maximum Gasteiger partial charge on any atom is 0.0844 e. The van der Waals surface area contributed by atoms with E-state index in [9.17, 15) is 0 Å². The fourth-order valence-electron chi connectivity index (χ4n) is 0.283. The monoisotopic (exact) mass is 115 g/mol. The van der Waals surface area contributed by atoms with Crippen LogP contribution in [-0.4, -0.2) is 10.1 Å². The van der Waals surface area contributed by atoms with Gasteiger partial charge in [-0.05, 0) is 11.6 Å². The van der Waals surface area contributed by atoms with Crippen LogP contribution in [0, 0.1) is 0 Å². The molecule has 2 heteroatoms. The average Bonchev–Trinajstić information content (AvgIpc) is 1.97. The second-order valence-corrected chi connectivity index (χ2v) is 1.07. The van der Waals surface area contributed by atoms with Crippen LogP contribution in [0.5, 0.6) is 0 Å². The van der Waals surface area contributed by atoms with Crippen LogP contribution in [0.15, 0.2) is 24.4 Å². The fraction of sp³-hybridized carbons (Fsp3) is 0.167. The van der Waals surface area contributed by atoms with Gasteiger partial charge in [-0.2, -0.15) is 0 Å². The summed E-state index contributed by atoms with van der Waals surface area (Å²) in [6.07, 6.45) is -1.27. The minimum Gasteiger partial charge on any atom is -0.392 e. The highest BCUT2D eigenvalue weighted by atomic mass is 16.3. The summed E-state index contributed by atoms with van der Waals surface area (Å²) in [6, 6.07) is -1.28. The molecule has 0 atom stereocenters. The van der Waals surface area contributed by atoms with E-state index in [2.05, 4.69) is 4.98 Å². The Morgan fingerprint density at radius 1 is 2.00 bits per heavy atom. The molecule has 0 aromatic carbocycles. The van der Waals surface area contributed by atoms with Gasteiger partial charge in [0.05, 0.1) is 14.8 Å². The number of hydrogen-bond acceptors (Lipinski definition) is 2. The van der Waals surface area contributed by atoms with Crippen molar-refractivity contribution in [3.63, 3.8) is 0 Å². The fourth-order valence-corrected chi connectivity index (χ4v) is 0.283. The van der Waals surface area contributed by atoms with Crippen molar-refractivity contribution in [1.82, 2.24) is 4.98 Å². The number of aliphatic hydroxyl groups is 1. The van der Waals surface area contributed by atoms with E-state index in [1.54, 1.807) is 0 Å². The molecule has 1 heterocycles. The number of pyridine rings is 1. The van der Waals surface area contributed by atoms with Crippen molar-refractivity contribution in [2.24, 2.45) is 0 Å². The Kier molecular flexibility index (Phi) is 0.468. The van der Waals surface area contributed by atoms with Gasteiger partial charge in [-0.3, -0.25) is 4.98 Å². The zero-order valence-electron chi connectivity index (χ0n) is 9.89. The first-order chi connectivity index (χ1) is 6.25. The molecule has 0 fully saturated rings. The molecule has 0 radical (unpaired) electrons. The van der Waals surface area contributed by atoms with Crippen LogP contribution in [-0.2, 0) is 6.56 Å². The van der Waals surface area contributed by atoms with Gasteiger partial charge in [0.1, 0.15) is 0 Å². The predicted molar refractivity (Wildman–Crippen MR) is 30.2 cm³/mol. The Labute approximate surface area is 56.2 Å². The Balaban J connectivity index is 3.53. The van der Waals surface area contributed by atoms with E-state index in [1.165, 1.54) is 0 Å². The molecule has 0 aliphatic carbocycles. The zero-order valence-corrected chi connectivity index (χ0v) is 3.89. The second-order valence-electron chi connectivity index (χ2n) is 1.07. The van der Waals surface area contributed by atoms with Gasteiger partial charge < -0.3 is 5.11 Å². The van der Waals surface area contributed by atoms with E-state index in [-0.39, 0.29) is 0 Å². The number of aromatic nitrogens is 1. The summed E-state index contributed by atoms with van der Waals surface area (Å²) in [6.45, 7) is -2.88. The van der Waals surface area contributed by atoms with E-state index in [4.69, 9.17) is 13.3 Å². The Hall–Kier alpha value is -0.890. The summed E-state index contributed by atoms with van der Waals surface area (Å²) >= 11 is 0. The van der Waals surface area contributed by atoms with Crippen LogP contribution < -0.4 is 0 Å². The molecule has 1 N–H and O–H groups in total. The van der Waals surface area contributed by atoms with Gasteiger partial charge in [0.25, 0.3) is 0 Å². The van der Waals surface area contributed by atoms with Crippen molar-refractivity contribution in [2.45, 2.75) is 6.56 Å². The first kappa shape index (κ1) is 1.54. The molecule has 0 saturated heterocycles. The van der Waals surface area contributed by atoms with E-state index < -0.39 is 36.6 Å². The molecule has 1 aromatic heterocycles. The number of hydrogen-bond donors (Lipinski definition) is 1. The van der Waals surface area contributed by atoms with Gasteiger partial charge in [0.2, 0.25) is 0 Å². The van der Waals surface area contributed by atoms with Crippen molar-refractivity contribution >= 4 is 0 Å². The van der Waals surface area contributed by atoms with Crippen molar-refractivity contribution < 1.29 is 13.3 Å². The SMILES string of the molecule is [2H]c1nc([2H])c(C([2H])([2H])O)c([2H])c1[2H]. The maximum absolute atomic E-state index is 8.97. The van der Waals surface area contributed by atoms with E-state index in [0.717, 1.165) is 0 Å². The maximum atomic E-state index is 8.97. The van der Waals surface area contributed by atoms with Crippen LogP contribution in [0.1, 0.15) is 13.8 Å². The molecule has 8 heavy (non-hydrogen) atoms. The normalized spacial score (nSPS) is 21.6. The molecule has 0 aliphatic rings. The third-order valence-electron chi connectivity index (χ3n) is 0.579. The summed E-state index contributed by atoms with van der Waals surface area (Å²) in [4.78, 5) is 3.23. The molecule has 1 rings (SSSR count). The molecule has 0 saturated carbocycles. The highest BCUT2D eigenvalue weighted by Crippen LogP contribution is 1.92. The van der Waals surface area contributed by atoms with Gasteiger partial charge in [-0.1, -0.05) is 6.04 Å². The Morgan fingerprint density at radius 2 is 2.88 bits per heavy atom. The van der Waals surface area contributed by atoms with E-state index in [0.29, 0.717) is 0 Å². The summed E-state index contributed by atoms with van der Waals surface area (Å²) < 4.78 is 42.5. The molecule has 0 unspecified atom stereocenters. The molecule has 1 aromatic rings. The first-order valence-corrected chi connectivity index (χ1v) is 1.92. The quantitative estimate of drug-likeness (QED) is 0.580. The molecule has 2 nitrogen and oxygen atoms in total. The van der Waals surface area contributed by atoms with Crippen LogP contribution in [0.4, 0.5) is 0 Å². The number of rotatable bonds is 1. The third kappa shape index (κ3) is 1.04. The number of nitrogens with zero attached hydrogens (tertiary/aromatic N) is 1. The standard InChI is InChI=1S/C6H7NO/c8-5-6-2-1-3-7-4-6/h1-4,8H,5H2/i1D,2D,3D,4D,5D2. The zero-order chi connectivity index (χ0) is 11.1. The largest absolute Gasteiger partial charge is 0.392 e. The Morgan fingerprint density at radius 3 is 3.62 bits per heavy atom. The minimum absolute atomic E-state index is 0.576. The predicted octanol–water partition coefficient (Wildman–Crippen LogP) is 0.574. The lowest BCUT2D eigenvalue weighted by atomic mass is 10.3. The molecule has 0 amide bonds. The van der Waals surface area contributed by atoms with Crippen LogP contribution in [0.2, 0.25) is 0 Å². The lowest BCUT2D eigenvalue weighted by Crippen LogP contribution is -1.80. The van der Waals surface area contributed by atoms with Gasteiger partial charge in [-0.25, -0.2) is 0 Å². The van der Waals surface area contributed by atoms with Gasteiger partial charge in [0, 0.05) is 12.3 Å².